The van der Waals surface area contributed by atoms with E-state index >= 15 is 0 Å². The van der Waals surface area contributed by atoms with Crippen molar-refractivity contribution < 1.29 is 0 Å². The lowest BCUT2D eigenvalue weighted by Gasteiger charge is -2.12. The van der Waals surface area contributed by atoms with Gasteiger partial charge in [0.15, 0.2) is 17.5 Å². The van der Waals surface area contributed by atoms with Gasteiger partial charge in [0.2, 0.25) is 0 Å². The van der Waals surface area contributed by atoms with Gasteiger partial charge in [0.1, 0.15) is 0 Å². The topological polar surface area (TPSA) is 38.7 Å². The van der Waals surface area contributed by atoms with E-state index in [2.05, 4.69) is 146 Å². The van der Waals surface area contributed by atoms with Crippen LogP contribution in [0.4, 0.5) is 0 Å². The van der Waals surface area contributed by atoms with Crippen LogP contribution < -0.4 is 0 Å². The summed E-state index contributed by atoms with van der Waals surface area (Å²) in [5.74, 6) is 1.99. The van der Waals surface area contributed by atoms with Crippen molar-refractivity contribution in [3.05, 3.63) is 164 Å². The maximum Gasteiger partial charge on any atom is 0.165 e. The molecule has 10 aromatic rings. The molecule has 4 heteroatoms. The SMILES string of the molecule is c1ccc(-c2nc(-c3ccc(-c4ccc5ccccc5c4)cc3)nc(-c3c4ccccc4cc4sc5c6ccccc6ccc5c34)n2)cc1. The molecule has 0 saturated heterocycles. The van der Waals surface area contributed by atoms with Crippen molar-refractivity contribution in [3.63, 3.8) is 0 Å². The molecule has 2 aromatic heterocycles. The number of hydrogen-bond acceptors (Lipinski definition) is 4. The van der Waals surface area contributed by atoms with E-state index < -0.39 is 0 Å². The zero-order valence-corrected chi connectivity index (χ0v) is 27.2. The molecule has 0 bridgehead atoms. The third kappa shape index (κ3) is 4.68. The minimum Gasteiger partial charge on any atom is -0.208 e. The number of hydrogen-bond donors (Lipinski definition) is 0. The molecule has 0 radical (unpaired) electrons. The second kappa shape index (κ2) is 11.2. The van der Waals surface area contributed by atoms with E-state index in [0.29, 0.717) is 17.5 Å². The highest BCUT2D eigenvalue weighted by Crippen LogP contribution is 2.46. The summed E-state index contributed by atoms with van der Waals surface area (Å²) in [6, 6.07) is 57.9. The van der Waals surface area contributed by atoms with Crippen molar-refractivity contribution >= 4 is 63.8 Å². The van der Waals surface area contributed by atoms with Crippen molar-refractivity contribution in [3.8, 4) is 45.3 Å². The van der Waals surface area contributed by atoms with Crippen LogP contribution in [0.3, 0.4) is 0 Å². The van der Waals surface area contributed by atoms with Crippen LogP contribution in [-0.4, -0.2) is 15.0 Å². The molecular weight excluding hydrogens is 615 g/mol. The van der Waals surface area contributed by atoms with Crippen LogP contribution in [0.1, 0.15) is 0 Å². The Labute approximate surface area is 286 Å². The monoisotopic (exact) mass is 641 g/mol. The van der Waals surface area contributed by atoms with Gasteiger partial charge in [-0.3, -0.25) is 0 Å². The van der Waals surface area contributed by atoms with Crippen LogP contribution in [-0.2, 0) is 0 Å². The number of aromatic nitrogens is 3. The average Bonchev–Trinajstić information content (AvgIpc) is 3.55. The molecular formula is C45H27N3S. The Morgan fingerprint density at radius 3 is 1.71 bits per heavy atom. The zero-order chi connectivity index (χ0) is 32.3. The van der Waals surface area contributed by atoms with Gasteiger partial charge in [-0.05, 0) is 55.6 Å². The molecule has 8 aromatic carbocycles. The highest BCUT2D eigenvalue weighted by Gasteiger charge is 2.21. The van der Waals surface area contributed by atoms with E-state index in [1.807, 2.05) is 29.5 Å². The minimum absolute atomic E-state index is 0.653. The molecule has 10 rings (SSSR count). The van der Waals surface area contributed by atoms with Crippen molar-refractivity contribution in [2.24, 2.45) is 0 Å². The van der Waals surface area contributed by atoms with Crippen molar-refractivity contribution in [1.82, 2.24) is 15.0 Å². The quantitative estimate of drug-likeness (QED) is 0.192. The van der Waals surface area contributed by atoms with Gasteiger partial charge in [-0.2, -0.15) is 0 Å². The third-order valence-electron chi connectivity index (χ3n) is 9.49. The predicted octanol–water partition coefficient (Wildman–Crippen LogP) is 12.4. The van der Waals surface area contributed by atoms with Crippen molar-refractivity contribution in [1.29, 1.82) is 0 Å². The Hall–Kier alpha value is -6.23. The number of benzene rings is 8. The Morgan fingerprint density at radius 2 is 0.918 bits per heavy atom. The standard InChI is InChI=1S/C45H27N3S/c1-2-12-31(13-3-1)43-46-44(32-21-18-29(19-22-32)34-23-20-28-10-4-5-14-33(28)26-34)48-45(47-43)41-36-16-8-7-15-35(36)27-39-40(41)38-25-24-30-11-6-9-17-37(30)42(38)49-39/h1-27H. The van der Waals surface area contributed by atoms with Crippen LogP contribution in [0.2, 0.25) is 0 Å². The van der Waals surface area contributed by atoms with Gasteiger partial charge in [-0.25, -0.2) is 15.0 Å². The van der Waals surface area contributed by atoms with E-state index in [4.69, 9.17) is 15.0 Å². The Bertz CT molecular complexity index is 2870. The molecule has 0 saturated carbocycles. The molecule has 0 aliphatic rings. The van der Waals surface area contributed by atoms with Crippen LogP contribution >= 0.6 is 11.3 Å². The molecule has 0 unspecified atom stereocenters. The molecule has 0 spiro atoms. The van der Waals surface area contributed by atoms with Crippen LogP contribution in [0.5, 0.6) is 0 Å². The summed E-state index contributed by atoms with van der Waals surface area (Å²) in [6.07, 6.45) is 0. The minimum atomic E-state index is 0.653. The van der Waals surface area contributed by atoms with E-state index in [1.165, 1.54) is 52.7 Å². The smallest absolute Gasteiger partial charge is 0.165 e. The second-order valence-corrected chi connectivity index (χ2v) is 13.5. The Kier molecular flexibility index (Phi) is 6.36. The van der Waals surface area contributed by atoms with Gasteiger partial charge >= 0.3 is 0 Å². The molecule has 0 aliphatic heterocycles. The van der Waals surface area contributed by atoms with Gasteiger partial charge in [0, 0.05) is 36.9 Å². The van der Waals surface area contributed by atoms with Gasteiger partial charge in [-0.15, -0.1) is 11.3 Å². The fourth-order valence-corrected chi connectivity index (χ4v) is 8.37. The first-order chi connectivity index (χ1) is 24.3. The van der Waals surface area contributed by atoms with Gasteiger partial charge in [0.25, 0.3) is 0 Å². The number of thiophene rings is 1. The molecule has 0 atom stereocenters. The number of fused-ring (bicyclic) bond motifs is 7. The van der Waals surface area contributed by atoms with E-state index in [0.717, 1.165) is 27.6 Å². The molecule has 3 nitrogen and oxygen atoms in total. The zero-order valence-electron chi connectivity index (χ0n) is 26.3. The molecule has 228 valence electrons. The van der Waals surface area contributed by atoms with E-state index in [-0.39, 0.29) is 0 Å². The third-order valence-corrected chi connectivity index (χ3v) is 10.7. The molecule has 0 aliphatic carbocycles. The summed E-state index contributed by atoms with van der Waals surface area (Å²) in [4.78, 5) is 15.6. The summed E-state index contributed by atoms with van der Waals surface area (Å²) in [5, 5.41) is 9.69. The van der Waals surface area contributed by atoms with Crippen molar-refractivity contribution in [2.45, 2.75) is 0 Å². The summed E-state index contributed by atoms with van der Waals surface area (Å²) in [5.41, 5.74) is 5.28. The summed E-state index contributed by atoms with van der Waals surface area (Å²) in [7, 11) is 0. The fourth-order valence-electron chi connectivity index (χ4n) is 7.08. The molecule has 2 heterocycles. The van der Waals surface area contributed by atoms with Gasteiger partial charge in [0.05, 0.1) is 0 Å². The summed E-state index contributed by atoms with van der Waals surface area (Å²) >= 11 is 1.84. The average molecular weight is 642 g/mol. The van der Waals surface area contributed by atoms with Crippen molar-refractivity contribution in [2.75, 3.05) is 0 Å². The number of rotatable bonds is 4. The molecule has 0 amide bonds. The molecule has 0 N–H and O–H groups in total. The number of nitrogens with zero attached hydrogens (tertiary/aromatic N) is 3. The van der Waals surface area contributed by atoms with Crippen LogP contribution in [0.15, 0.2) is 164 Å². The highest BCUT2D eigenvalue weighted by molar-refractivity contribution is 7.26. The maximum absolute atomic E-state index is 5.27. The summed E-state index contributed by atoms with van der Waals surface area (Å²) < 4.78 is 2.51. The maximum atomic E-state index is 5.27. The highest BCUT2D eigenvalue weighted by atomic mass is 32.1. The largest absolute Gasteiger partial charge is 0.208 e. The lowest BCUT2D eigenvalue weighted by molar-refractivity contribution is 1.08. The lowest BCUT2D eigenvalue weighted by atomic mass is 9.97. The lowest BCUT2D eigenvalue weighted by Crippen LogP contribution is -2.01. The fraction of sp³-hybridized carbons (Fsp3) is 0. The predicted molar refractivity (Wildman–Crippen MR) is 207 cm³/mol. The second-order valence-electron chi connectivity index (χ2n) is 12.4. The molecule has 49 heavy (non-hydrogen) atoms. The Morgan fingerprint density at radius 1 is 0.347 bits per heavy atom. The first kappa shape index (κ1) is 27.8. The molecule has 0 fully saturated rings. The van der Waals surface area contributed by atoms with Gasteiger partial charge < -0.3 is 0 Å². The first-order valence-corrected chi connectivity index (χ1v) is 17.3. The summed E-state index contributed by atoms with van der Waals surface area (Å²) in [6.45, 7) is 0. The van der Waals surface area contributed by atoms with E-state index in [9.17, 15) is 0 Å². The Balaban J connectivity index is 1.21. The first-order valence-electron chi connectivity index (χ1n) is 16.4. The van der Waals surface area contributed by atoms with E-state index in [1.54, 1.807) is 0 Å². The van der Waals surface area contributed by atoms with Crippen LogP contribution in [0, 0.1) is 0 Å². The van der Waals surface area contributed by atoms with Crippen LogP contribution in [0.25, 0.3) is 97.8 Å². The van der Waals surface area contributed by atoms with Gasteiger partial charge in [-0.1, -0.05) is 152 Å². The normalized spacial score (nSPS) is 11.7.